The van der Waals surface area contributed by atoms with Gasteiger partial charge in [0.25, 0.3) is 3.92 Å². The van der Waals surface area contributed by atoms with Gasteiger partial charge in [-0.3, -0.25) is 0 Å². The lowest BCUT2D eigenvalue weighted by molar-refractivity contribution is 0.414. The molecule has 0 saturated carbocycles. The molecule has 0 heterocycles. The number of hydrogen-bond acceptors (Lipinski definition) is 2. The summed E-state index contributed by atoms with van der Waals surface area (Å²) in [6.07, 6.45) is 2.20. The van der Waals surface area contributed by atoms with E-state index in [-0.39, 0.29) is 0 Å². The second-order valence-electron chi connectivity index (χ2n) is 2.83. The van der Waals surface area contributed by atoms with Gasteiger partial charge in [-0.05, 0) is 17.7 Å². The first-order chi connectivity index (χ1) is 7.01. The highest BCUT2D eigenvalue weighted by Crippen LogP contribution is 2.26. The number of benzene rings is 1. The van der Waals surface area contributed by atoms with Crippen LogP contribution in [0.2, 0.25) is 0 Å². The highest BCUT2D eigenvalue weighted by Gasteiger charge is 2.14. The van der Waals surface area contributed by atoms with Gasteiger partial charge in [0.1, 0.15) is 5.75 Å². The molecule has 1 aromatic carbocycles. The highest BCUT2D eigenvalue weighted by molar-refractivity contribution is 6.67. The Morgan fingerprint density at radius 3 is 2.33 bits per heavy atom. The van der Waals surface area contributed by atoms with E-state index in [9.17, 15) is 0 Å². The Morgan fingerprint density at radius 2 is 1.87 bits per heavy atom. The lowest BCUT2D eigenvalue weighted by atomic mass is 10.2. The van der Waals surface area contributed by atoms with Crippen LogP contribution in [0, 0.1) is 0 Å². The van der Waals surface area contributed by atoms with E-state index in [1.807, 2.05) is 24.3 Å². The summed E-state index contributed by atoms with van der Waals surface area (Å²) in [5, 5.41) is 0. The molecule has 0 amide bonds. The molecule has 0 saturated heterocycles. The van der Waals surface area contributed by atoms with Crippen LogP contribution in [0.25, 0.3) is 0 Å². The van der Waals surface area contributed by atoms with Gasteiger partial charge in [-0.25, -0.2) is 4.99 Å². The van der Waals surface area contributed by atoms with Crippen LogP contribution in [0.3, 0.4) is 0 Å². The van der Waals surface area contributed by atoms with Crippen molar-refractivity contribution in [3.05, 3.63) is 29.8 Å². The van der Waals surface area contributed by atoms with E-state index in [0.29, 0.717) is 6.42 Å². The summed E-state index contributed by atoms with van der Waals surface area (Å²) in [6.45, 7) is 0. The Morgan fingerprint density at radius 1 is 1.27 bits per heavy atom. The van der Waals surface area contributed by atoms with Gasteiger partial charge in [0.2, 0.25) is 0 Å². The average molecular weight is 267 g/mol. The van der Waals surface area contributed by atoms with Crippen molar-refractivity contribution in [1.29, 1.82) is 0 Å². The third kappa shape index (κ3) is 5.26. The fourth-order valence-electron chi connectivity index (χ4n) is 1.02. The van der Waals surface area contributed by atoms with Gasteiger partial charge < -0.3 is 4.74 Å². The molecule has 0 atom stereocenters. The van der Waals surface area contributed by atoms with E-state index >= 15 is 0 Å². The topological polar surface area (TPSA) is 21.6 Å². The number of halogens is 3. The maximum Gasteiger partial charge on any atom is 0.285 e. The van der Waals surface area contributed by atoms with E-state index in [0.717, 1.165) is 11.3 Å². The Balaban J connectivity index is 2.55. The summed E-state index contributed by atoms with van der Waals surface area (Å²) in [4.78, 5) is 3.73. The predicted molar refractivity (Wildman–Crippen MR) is 65.5 cm³/mol. The second-order valence-corrected chi connectivity index (χ2v) is 5.05. The first-order valence-corrected chi connectivity index (χ1v) is 5.38. The maximum absolute atomic E-state index is 5.46. The molecule has 0 radical (unpaired) electrons. The number of ether oxygens (including phenoxy) is 1. The average Bonchev–Trinajstić information content (AvgIpc) is 2.17. The molecule has 0 aliphatic carbocycles. The molecular formula is C10H10Cl3NO. The van der Waals surface area contributed by atoms with Crippen molar-refractivity contribution in [2.75, 3.05) is 7.11 Å². The monoisotopic (exact) mass is 265 g/mol. The summed E-state index contributed by atoms with van der Waals surface area (Å²) in [5.74, 6) is 0.817. The minimum Gasteiger partial charge on any atom is -0.497 e. The van der Waals surface area contributed by atoms with E-state index < -0.39 is 3.92 Å². The second kappa shape index (κ2) is 5.59. The van der Waals surface area contributed by atoms with Gasteiger partial charge in [0, 0.05) is 12.6 Å². The molecule has 0 bridgehead atoms. The molecule has 1 rings (SSSR count). The van der Waals surface area contributed by atoms with Gasteiger partial charge >= 0.3 is 0 Å². The molecule has 82 valence electrons. The van der Waals surface area contributed by atoms with Crippen LogP contribution in [0.1, 0.15) is 5.56 Å². The lowest BCUT2D eigenvalue weighted by Crippen LogP contribution is -1.97. The standard InChI is InChI=1S/C10H10Cl3NO/c1-15-9-4-2-8(3-5-9)6-7-14-10(11,12)13/h2-5,7H,6H2,1H3. The number of hydrogen-bond donors (Lipinski definition) is 0. The molecule has 0 aromatic heterocycles. The molecule has 0 unspecified atom stereocenters. The van der Waals surface area contributed by atoms with Gasteiger partial charge in [-0.2, -0.15) is 0 Å². The zero-order valence-corrected chi connectivity index (χ0v) is 10.4. The van der Waals surface area contributed by atoms with Crippen LogP contribution in [0.4, 0.5) is 0 Å². The number of rotatable bonds is 3. The minimum atomic E-state index is -1.56. The summed E-state index contributed by atoms with van der Waals surface area (Å²) in [6, 6.07) is 7.61. The lowest BCUT2D eigenvalue weighted by Gasteiger charge is -2.03. The third-order valence-corrected chi connectivity index (χ3v) is 2.02. The number of aliphatic imine (C=N–C) groups is 1. The van der Waals surface area contributed by atoms with Crippen LogP contribution >= 0.6 is 34.8 Å². The number of alkyl halides is 3. The van der Waals surface area contributed by atoms with Crippen molar-refractivity contribution < 1.29 is 4.74 Å². The van der Waals surface area contributed by atoms with E-state index in [4.69, 9.17) is 39.5 Å². The third-order valence-electron chi connectivity index (χ3n) is 1.72. The van der Waals surface area contributed by atoms with Crippen molar-refractivity contribution in [3.8, 4) is 5.75 Å². The summed E-state index contributed by atoms with van der Waals surface area (Å²) in [7, 11) is 1.62. The fraction of sp³-hybridized carbons (Fsp3) is 0.300. The quantitative estimate of drug-likeness (QED) is 0.465. The summed E-state index contributed by atoms with van der Waals surface area (Å²) >= 11 is 16.4. The zero-order chi connectivity index (χ0) is 11.3. The first kappa shape index (κ1) is 12.6. The molecule has 0 aliphatic heterocycles. The molecule has 0 spiro atoms. The maximum atomic E-state index is 5.46. The van der Waals surface area contributed by atoms with Gasteiger partial charge in [-0.1, -0.05) is 46.9 Å². The Bertz CT molecular complexity index is 330. The normalized spacial score (nSPS) is 12.0. The van der Waals surface area contributed by atoms with E-state index in [2.05, 4.69) is 4.99 Å². The summed E-state index contributed by atoms with van der Waals surface area (Å²) in [5.41, 5.74) is 1.08. The molecular weight excluding hydrogens is 256 g/mol. The first-order valence-electron chi connectivity index (χ1n) is 4.24. The van der Waals surface area contributed by atoms with Crippen molar-refractivity contribution in [2.45, 2.75) is 10.3 Å². The van der Waals surface area contributed by atoms with Crippen molar-refractivity contribution >= 4 is 41.0 Å². The molecule has 5 heteroatoms. The molecule has 0 fully saturated rings. The fourth-order valence-corrected chi connectivity index (χ4v) is 1.22. The summed E-state index contributed by atoms with van der Waals surface area (Å²) < 4.78 is 3.47. The van der Waals surface area contributed by atoms with Gasteiger partial charge in [0.05, 0.1) is 7.11 Å². The van der Waals surface area contributed by atoms with Crippen LogP contribution in [0.15, 0.2) is 29.3 Å². The smallest absolute Gasteiger partial charge is 0.285 e. The highest BCUT2D eigenvalue weighted by atomic mass is 35.6. The zero-order valence-electron chi connectivity index (χ0n) is 8.08. The van der Waals surface area contributed by atoms with E-state index in [1.165, 1.54) is 0 Å². The number of methoxy groups -OCH3 is 1. The van der Waals surface area contributed by atoms with Crippen LogP contribution in [-0.4, -0.2) is 17.2 Å². The Labute approximate surface area is 104 Å². The Hall–Kier alpha value is -0.440. The van der Waals surface area contributed by atoms with Gasteiger partial charge in [-0.15, -0.1) is 0 Å². The molecule has 15 heavy (non-hydrogen) atoms. The van der Waals surface area contributed by atoms with E-state index in [1.54, 1.807) is 13.3 Å². The van der Waals surface area contributed by atoms with Crippen molar-refractivity contribution in [2.24, 2.45) is 4.99 Å². The largest absolute Gasteiger partial charge is 0.497 e. The minimum absolute atomic E-state index is 0.623. The number of nitrogens with zero attached hydrogens (tertiary/aromatic N) is 1. The van der Waals surface area contributed by atoms with Crippen molar-refractivity contribution in [1.82, 2.24) is 0 Å². The molecule has 2 nitrogen and oxygen atoms in total. The Kier molecular flexibility index (Phi) is 4.71. The van der Waals surface area contributed by atoms with Crippen molar-refractivity contribution in [3.63, 3.8) is 0 Å². The predicted octanol–water partition coefficient (Wildman–Crippen LogP) is 3.64. The van der Waals surface area contributed by atoms with Crippen LogP contribution < -0.4 is 4.74 Å². The van der Waals surface area contributed by atoms with Crippen LogP contribution in [-0.2, 0) is 6.42 Å². The van der Waals surface area contributed by atoms with Gasteiger partial charge in [0.15, 0.2) is 0 Å². The van der Waals surface area contributed by atoms with Crippen LogP contribution in [0.5, 0.6) is 5.75 Å². The molecule has 1 aromatic rings. The molecule has 0 N–H and O–H groups in total. The molecule has 0 aliphatic rings. The SMILES string of the molecule is COc1ccc(CC=NC(Cl)(Cl)Cl)cc1.